The molecule has 1 aromatic rings. The van der Waals surface area contributed by atoms with Gasteiger partial charge in [-0.15, -0.1) is 0 Å². The number of hydrogen-bond donors (Lipinski definition) is 2. The molecule has 2 unspecified atom stereocenters. The maximum atomic E-state index is 11.9. The highest BCUT2D eigenvalue weighted by Gasteiger charge is 2.47. The van der Waals surface area contributed by atoms with Gasteiger partial charge in [-0.25, -0.2) is 0 Å². The first-order valence-electron chi connectivity index (χ1n) is 6.58. The van der Waals surface area contributed by atoms with Crippen molar-refractivity contribution in [3.05, 3.63) is 29.8 Å². The van der Waals surface area contributed by atoms with Gasteiger partial charge in [-0.05, 0) is 24.6 Å². The summed E-state index contributed by atoms with van der Waals surface area (Å²) in [7, 11) is 3.49. The number of benzene rings is 1. The number of amides is 1. The van der Waals surface area contributed by atoms with Crippen LogP contribution in [0.3, 0.4) is 0 Å². The highest BCUT2D eigenvalue weighted by molar-refractivity contribution is 5.94. The molecule has 1 aliphatic rings. The van der Waals surface area contributed by atoms with E-state index >= 15 is 0 Å². The first kappa shape index (κ1) is 13.9. The van der Waals surface area contributed by atoms with E-state index in [2.05, 4.69) is 5.32 Å². The molecule has 104 valence electrons. The quantitative estimate of drug-likeness (QED) is 0.875. The van der Waals surface area contributed by atoms with Crippen LogP contribution < -0.4 is 5.32 Å². The Morgan fingerprint density at radius 3 is 2.63 bits per heavy atom. The molecule has 0 saturated heterocycles. The third-order valence-corrected chi connectivity index (χ3v) is 4.07. The van der Waals surface area contributed by atoms with E-state index in [1.165, 1.54) is 0 Å². The number of aliphatic hydroxyl groups is 1. The van der Waals surface area contributed by atoms with E-state index in [9.17, 15) is 9.90 Å². The molecule has 4 nitrogen and oxygen atoms in total. The van der Waals surface area contributed by atoms with Crippen molar-refractivity contribution in [3.8, 4) is 0 Å². The lowest BCUT2D eigenvalue weighted by atomic mass is 9.64. The Morgan fingerprint density at radius 1 is 1.42 bits per heavy atom. The molecule has 0 aliphatic heterocycles. The fourth-order valence-electron chi connectivity index (χ4n) is 2.35. The van der Waals surface area contributed by atoms with Crippen LogP contribution >= 0.6 is 0 Å². The van der Waals surface area contributed by atoms with Gasteiger partial charge in [-0.2, -0.15) is 0 Å². The molecule has 0 heterocycles. The summed E-state index contributed by atoms with van der Waals surface area (Å²) in [5, 5.41) is 13.1. The average Bonchev–Trinajstić information content (AvgIpc) is 2.37. The highest BCUT2D eigenvalue weighted by atomic mass is 16.3. The van der Waals surface area contributed by atoms with E-state index in [0.29, 0.717) is 5.56 Å². The number of hydrogen-bond acceptors (Lipinski definition) is 3. The standard InChI is InChI=1S/C15H22N2O2/c1-15(2)12(9-13(15)18)16-11-7-5-6-10(8-11)14(19)17(3)4/h5-8,12-13,16,18H,9H2,1-4H3. The summed E-state index contributed by atoms with van der Waals surface area (Å²) >= 11 is 0. The zero-order valence-corrected chi connectivity index (χ0v) is 12.0. The molecular weight excluding hydrogens is 240 g/mol. The van der Waals surface area contributed by atoms with Crippen molar-refractivity contribution in [2.45, 2.75) is 32.4 Å². The summed E-state index contributed by atoms with van der Waals surface area (Å²) in [6.07, 6.45) is 0.496. The fourth-order valence-corrected chi connectivity index (χ4v) is 2.35. The third-order valence-electron chi connectivity index (χ3n) is 4.07. The molecule has 1 fully saturated rings. The Hall–Kier alpha value is -1.55. The first-order valence-corrected chi connectivity index (χ1v) is 6.58. The second kappa shape index (κ2) is 4.85. The molecule has 19 heavy (non-hydrogen) atoms. The van der Waals surface area contributed by atoms with Gasteiger partial charge in [0.1, 0.15) is 0 Å². The van der Waals surface area contributed by atoms with Crippen LogP contribution in [0.1, 0.15) is 30.6 Å². The zero-order valence-electron chi connectivity index (χ0n) is 12.0. The van der Waals surface area contributed by atoms with Gasteiger partial charge in [0.05, 0.1) is 6.10 Å². The zero-order chi connectivity index (χ0) is 14.2. The maximum Gasteiger partial charge on any atom is 0.253 e. The normalized spacial score (nSPS) is 24.5. The van der Waals surface area contributed by atoms with Gasteiger partial charge in [0.2, 0.25) is 0 Å². The first-order chi connectivity index (χ1) is 8.82. The van der Waals surface area contributed by atoms with Crippen LogP contribution in [0.5, 0.6) is 0 Å². The smallest absolute Gasteiger partial charge is 0.253 e. The van der Waals surface area contributed by atoms with Crippen LogP contribution in [0, 0.1) is 5.41 Å². The van der Waals surface area contributed by atoms with E-state index in [0.717, 1.165) is 12.1 Å². The number of nitrogens with zero attached hydrogens (tertiary/aromatic N) is 1. The number of rotatable bonds is 3. The molecule has 1 saturated carbocycles. The van der Waals surface area contributed by atoms with Gasteiger partial charge >= 0.3 is 0 Å². The summed E-state index contributed by atoms with van der Waals surface area (Å²) in [5.74, 6) is -0.00319. The maximum absolute atomic E-state index is 11.9. The molecule has 0 radical (unpaired) electrons. The Labute approximate surface area is 114 Å². The molecule has 0 bridgehead atoms. The molecule has 4 heteroatoms. The molecule has 0 spiro atoms. The molecule has 2 atom stereocenters. The summed E-state index contributed by atoms with van der Waals surface area (Å²) in [6, 6.07) is 7.75. The van der Waals surface area contributed by atoms with E-state index in [4.69, 9.17) is 0 Å². The topological polar surface area (TPSA) is 52.6 Å². The lowest BCUT2D eigenvalue weighted by molar-refractivity contribution is -0.0510. The molecular formula is C15H22N2O2. The van der Waals surface area contributed by atoms with Crippen LogP contribution in [-0.2, 0) is 0 Å². The predicted octanol–water partition coefficient (Wildman–Crippen LogP) is 1.96. The van der Waals surface area contributed by atoms with Crippen molar-refractivity contribution >= 4 is 11.6 Å². The number of aliphatic hydroxyl groups excluding tert-OH is 1. The Balaban J connectivity index is 2.10. The minimum Gasteiger partial charge on any atom is -0.392 e. The molecule has 0 aromatic heterocycles. The van der Waals surface area contributed by atoms with Crippen molar-refractivity contribution in [2.75, 3.05) is 19.4 Å². The van der Waals surface area contributed by atoms with Crippen LogP contribution in [0.25, 0.3) is 0 Å². The van der Waals surface area contributed by atoms with Crippen LogP contribution in [0.4, 0.5) is 5.69 Å². The van der Waals surface area contributed by atoms with Crippen molar-refractivity contribution in [3.63, 3.8) is 0 Å². The summed E-state index contributed by atoms with van der Waals surface area (Å²) in [5.41, 5.74) is 1.48. The van der Waals surface area contributed by atoms with Gasteiger partial charge in [0.15, 0.2) is 0 Å². The predicted molar refractivity (Wildman–Crippen MR) is 76.3 cm³/mol. The van der Waals surface area contributed by atoms with Crippen molar-refractivity contribution in [1.82, 2.24) is 4.90 Å². The summed E-state index contributed by atoms with van der Waals surface area (Å²) in [4.78, 5) is 13.5. The van der Waals surface area contributed by atoms with Crippen molar-refractivity contribution in [1.29, 1.82) is 0 Å². The minimum atomic E-state index is -0.253. The van der Waals surface area contributed by atoms with E-state index in [1.807, 2.05) is 38.1 Å². The van der Waals surface area contributed by atoms with Gasteiger partial charge in [-0.3, -0.25) is 4.79 Å². The van der Waals surface area contributed by atoms with Crippen LogP contribution in [-0.4, -0.2) is 42.2 Å². The van der Waals surface area contributed by atoms with Crippen LogP contribution in [0.2, 0.25) is 0 Å². The van der Waals surface area contributed by atoms with E-state index < -0.39 is 0 Å². The molecule has 2 N–H and O–H groups in total. The lowest BCUT2D eigenvalue weighted by Gasteiger charge is -2.49. The number of carbonyl (C=O) groups excluding carboxylic acids is 1. The van der Waals surface area contributed by atoms with Crippen molar-refractivity contribution in [2.24, 2.45) is 5.41 Å². The van der Waals surface area contributed by atoms with Gasteiger partial charge in [0, 0.05) is 36.8 Å². The highest BCUT2D eigenvalue weighted by Crippen LogP contribution is 2.42. The van der Waals surface area contributed by atoms with Crippen molar-refractivity contribution < 1.29 is 9.90 Å². The van der Waals surface area contributed by atoms with Gasteiger partial charge in [0.25, 0.3) is 5.91 Å². The number of carbonyl (C=O) groups is 1. The summed E-state index contributed by atoms with van der Waals surface area (Å²) in [6.45, 7) is 4.10. The SMILES string of the molecule is CN(C)C(=O)c1cccc(NC2CC(O)C2(C)C)c1. The van der Waals surface area contributed by atoms with Gasteiger partial charge < -0.3 is 15.3 Å². The number of nitrogens with one attached hydrogen (secondary N) is 1. The Morgan fingerprint density at radius 2 is 2.11 bits per heavy atom. The molecule has 1 amide bonds. The summed E-state index contributed by atoms with van der Waals surface area (Å²) < 4.78 is 0. The fraction of sp³-hybridized carbons (Fsp3) is 0.533. The minimum absolute atomic E-state index is 0.00319. The van der Waals surface area contributed by atoms with Crippen LogP contribution in [0.15, 0.2) is 24.3 Å². The average molecular weight is 262 g/mol. The largest absolute Gasteiger partial charge is 0.392 e. The molecule has 1 aliphatic carbocycles. The monoisotopic (exact) mass is 262 g/mol. The third kappa shape index (κ3) is 2.59. The van der Waals surface area contributed by atoms with Gasteiger partial charge in [-0.1, -0.05) is 19.9 Å². The van der Waals surface area contributed by atoms with E-state index in [1.54, 1.807) is 19.0 Å². The second-order valence-corrected chi connectivity index (χ2v) is 6.05. The lowest BCUT2D eigenvalue weighted by Crippen LogP contribution is -2.56. The molecule has 2 rings (SSSR count). The second-order valence-electron chi connectivity index (χ2n) is 6.05. The Kier molecular flexibility index (Phi) is 3.54. The number of anilines is 1. The van der Waals surface area contributed by atoms with E-state index in [-0.39, 0.29) is 23.5 Å². The Bertz CT molecular complexity index is 483. The molecule has 1 aromatic carbocycles.